The molecular weight excluding hydrogens is 292 g/mol. The molecule has 0 spiro atoms. The van der Waals surface area contributed by atoms with Gasteiger partial charge < -0.3 is 9.47 Å². The van der Waals surface area contributed by atoms with E-state index in [1.807, 2.05) is 6.92 Å². The van der Waals surface area contributed by atoms with Gasteiger partial charge in [-0.25, -0.2) is 13.2 Å². The second-order valence-electron chi connectivity index (χ2n) is 5.15. The summed E-state index contributed by atoms with van der Waals surface area (Å²) in [5.74, 6) is -0.847. The van der Waals surface area contributed by atoms with Gasteiger partial charge in [-0.2, -0.15) is 0 Å². The van der Waals surface area contributed by atoms with Crippen LogP contribution in [0.2, 0.25) is 0 Å². The molecule has 1 unspecified atom stereocenters. The number of carbonyl (C=O) groups is 1. The maximum absolute atomic E-state index is 12.5. The minimum atomic E-state index is -3.86. The van der Waals surface area contributed by atoms with Crippen LogP contribution >= 0.6 is 0 Å². The van der Waals surface area contributed by atoms with Gasteiger partial charge in [0, 0.05) is 0 Å². The van der Waals surface area contributed by atoms with Crippen molar-refractivity contribution in [2.45, 2.75) is 30.3 Å². The summed E-state index contributed by atoms with van der Waals surface area (Å²) < 4.78 is 34.8. The molecule has 5 nitrogen and oxygen atoms in total. The van der Waals surface area contributed by atoms with Gasteiger partial charge in [0.1, 0.15) is 0 Å². The van der Waals surface area contributed by atoms with Crippen LogP contribution < -0.4 is 0 Å². The Kier molecular flexibility index (Phi) is 4.49. The number of esters is 1. The van der Waals surface area contributed by atoms with Crippen LogP contribution in [0.4, 0.5) is 0 Å². The van der Waals surface area contributed by atoms with Crippen LogP contribution in [0.5, 0.6) is 0 Å². The number of carbonyl (C=O) groups excluding carboxylic acids is 1. The summed E-state index contributed by atoms with van der Waals surface area (Å²) in [7, 11) is -2.70. The summed E-state index contributed by atoms with van der Waals surface area (Å²) in [5, 5.41) is 0. The molecule has 1 aliphatic rings. The highest BCUT2D eigenvalue weighted by Crippen LogP contribution is 2.32. The summed E-state index contributed by atoms with van der Waals surface area (Å²) in [5.41, 5.74) is -0.186. The van der Waals surface area contributed by atoms with Crippen LogP contribution in [0.1, 0.15) is 19.8 Å². The molecule has 2 rings (SSSR count). The predicted molar refractivity (Wildman–Crippen MR) is 77.3 cm³/mol. The number of hydrogen-bond acceptors (Lipinski definition) is 5. The first-order chi connectivity index (χ1) is 9.89. The van der Waals surface area contributed by atoms with E-state index in [2.05, 4.69) is 4.74 Å². The van der Waals surface area contributed by atoms with Crippen molar-refractivity contribution in [1.29, 1.82) is 0 Å². The molecule has 1 saturated heterocycles. The molecule has 0 aromatic heterocycles. The molecule has 21 heavy (non-hydrogen) atoms. The molecule has 1 fully saturated rings. The molecule has 1 heterocycles. The van der Waals surface area contributed by atoms with Gasteiger partial charge in [-0.3, -0.25) is 0 Å². The zero-order valence-electron chi connectivity index (χ0n) is 12.0. The number of sulfone groups is 1. The Balaban J connectivity index is 2.27. The lowest BCUT2D eigenvalue weighted by molar-refractivity contribution is -0.135. The van der Waals surface area contributed by atoms with Crippen molar-refractivity contribution in [2.75, 3.05) is 13.7 Å². The van der Waals surface area contributed by atoms with Crippen molar-refractivity contribution in [3.8, 4) is 0 Å². The van der Waals surface area contributed by atoms with E-state index >= 15 is 0 Å². The van der Waals surface area contributed by atoms with Gasteiger partial charge in [0.15, 0.2) is 4.91 Å². The Bertz CT molecular complexity index is 642. The largest absolute Gasteiger partial charge is 0.465 e. The van der Waals surface area contributed by atoms with E-state index < -0.39 is 15.8 Å². The molecule has 1 aromatic rings. The average Bonchev–Trinajstić information content (AvgIpc) is 3.21. The first kappa shape index (κ1) is 15.7. The molecular formula is C15H18O5S. The van der Waals surface area contributed by atoms with Crippen molar-refractivity contribution in [3.63, 3.8) is 0 Å². The third-order valence-electron chi connectivity index (χ3n) is 3.37. The Morgan fingerprint density at radius 3 is 2.52 bits per heavy atom. The monoisotopic (exact) mass is 310 g/mol. The lowest BCUT2D eigenvalue weighted by atomic mass is 10.1. The van der Waals surface area contributed by atoms with Gasteiger partial charge >= 0.3 is 5.97 Å². The van der Waals surface area contributed by atoms with E-state index in [0.29, 0.717) is 19.4 Å². The van der Waals surface area contributed by atoms with E-state index in [1.54, 1.807) is 18.2 Å². The lowest BCUT2D eigenvalue weighted by Gasteiger charge is -2.08. The van der Waals surface area contributed by atoms with Crippen LogP contribution in [-0.2, 0) is 24.1 Å². The van der Waals surface area contributed by atoms with E-state index in [9.17, 15) is 13.2 Å². The molecule has 0 saturated carbocycles. The third kappa shape index (κ3) is 3.71. The average molecular weight is 310 g/mol. The highest BCUT2D eigenvalue weighted by Gasteiger charge is 2.38. The minimum Gasteiger partial charge on any atom is -0.465 e. The number of hydrogen-bond donors (Lipinski definition) is 0. The molecule has 0 amide bonds. The molecule has 0 radical (unpaired) electrons. The molecule has 6 heteroatoms. The lowest BCUT2D eigenvalue weighted by Crippen LogP contribution is -2.16. The van der Waals surface area contributed by atoms with Gasteiger partial charge in [0.05, 0.1) is 24.2 Å². The summed E-state index contributed by atoms with van der Waals surface area (Å²) in [4.78, 5) is 11.6. The van der Waals surface area contributed by atoms with Crippen molar-refractivity contribution in [2.24, 2.45) is 0 Å². The standard InChI is InChI=1S/C15H18O5S/c1-15(11-20-15)10-6-9-13(14(16)19-2)21(17,18)12-7-4-3-5-8-12/h3-5,7-9H,6,10-11H2,1-2H3/b13-9+. The van der Waals surface area contributed by atoms with Gasteiger partial charge in [-0.15, -0.1) is 0 Å². The second-order valence-corrected chi connectivity index (χ2v) is 7.07. The molecule has 1 aliphatic heterocycles. The van der Waals surface area contributed by atoms with Crippen LogP contribution in [0, 0.1) is 0 Å². The quantitative estimate of drug-likeness (QED) is 0.457. The highest BCUT2D eigenvalue weighted by molar-refractivity contribution is 7.96. The SMILES string of the molecule is COC(=O)/C(=C\CCC1(C)CO1)S(=O)(=O)c1ccccc1. The third-order valence-corrected chi connectivity index (χ3v) is 5.17. The zero-order chi connectivity index (χ0) is 15.5. The van der Waals surface area contributed by atoms with Gasteiger partial charge in [-0.05, 0) is 31.9 Å². The molecule has 114 valence electrons. The predicted octanol–water partition coefficient (Wildman–Crippen LogP) is 2.09. The summed E-state index contributed by atoms with van der Waals surface area (Å²) in [6, 6.07) is 7.85. The van der Waals surface area contributed by atoms with Crippen LogP contribution in [0.3, 0.4) is 0 Å². The number of epoxide rings is 1. The summed E-state index contributed by atoms with van der Waals surface area (Å²) >= 11 is 0. The van der Waals surface area contributed by atoms with E-state index in [1.165, 1.54) is 25.3 Å². The second kappa shape index (κ2) is 5.99. The van der Waals surface area contributed by atoms with E-state index in [0.717, 1.165) is 0 Å². The van der Waals surface area contributed by atoms with Gasteiger partial charge in [0.2, 0.25) is 9.84 Å². The van der Waals surface area contributed by atoms with Crippen LogP contribution in [-0.4, -0.2) is 33.7 Å². The van der Waals surface area contributed by atoms with E-state index in [-0.39, 0.29) is 15.4 Å². The fourth-order valence-corrected chi connectivity index (χ4v) is 3.32. The number of rotatable bonds is 6. The number of benzene rings is 1. The zero-order valence-corrected chi connectivity index (χ0v) is 12.9. The van der Waals surface area contributed by atoms with Crippen molar-refractivity contribution in [1.82, 2.24) is 0 Å². The minimum absolute atomic E-state index is 0.0792. The number of methoxy groups -OCH3 is 1. The topological polar surface area (TPSA) is 73.0 Å². The fourth-order valence-electron chi connectivity index (χ4n) is 1.91. The molecule has 0 aliphatic carbocycles. The summed E-state index contributed by atoms with van der Waals surface area (Å²) in [6.45, 7) is 2.62. The van der Waals surface area contributed by atoms with Crippen LogP contribution in [0.15, 0.2) is 46.2 Å². The summed E-state index contributed by atoms with van der Waals surface area (Å²) in [6.07, 6.45) is 2.52. The maximum atomic E-state index is 12.5. The van der Waals surface area contributed by atoms with Gasteiger partial charge in [0.25, 0.3) is 0 Å². The Morgan fingerprint density at radius 2 is 2.00 bits per heavy atom. The number of allylic oxidation sites excluding steroid dienone is 1. The van der Waals surface area contributed by atoms with Crippen molar-refractivity contribution in [3.05, 3.63) is 41.3 Å². The van der Waals surface area contributed by atoms with Crippen molar-refractivity contribution < 1.29 is 22.7 Å². The van der Waals surface area contributed by atoms with Crippen LogP contribution in [0.25, 0.3) is 0 Å². The normalized spacial score (nSPS) is 21.9. The first-order valence-electron chi connectivity index (χ1n) is 6.62. The van der Waals surface area contributed by atoms with Crippen molar-refractivity contribution >= 4 is 15.8 Å². The maximum Gasteiger partial charge on any atom is 0.349 e. The Labute approximate surface area is 124 Å². The Hall–Kier alpha value is -1.66. The number of ether oxygens (including phenoxy) is 2. The first-order valence-corrected chi connectivity index (χ1v) is 8.10. The smallest absolute Gasteiger partial charge is 0.349 e. The molecule has 1 aromatic carbocycles. The molecule has 0 bridgehead atoms. The fraction of sp³-hybridized carbons (Fsp3) is 0.400. The molecule has 1 atom stereocenters. The van der Waals surface area contributed by atoms with Gasteiger partial charge in [-0.1, -0.05) is 24.3 Å². The van der Waals surface area contributed by atoms with E-state index in [4.69, 9.17) is 4.74 Å². The Morgan fingerprint density at radius 1 is 1.38 bits per heavy atom. The highest BCUT2D eigenvalue weighted by atomic mass is 32.2. The molecule has 0 N–H and O–H groups in total.